The van der Waals surface area contributed by atoms with Crippen LogP contribution in [0.5, 0.6) is 0 Å². The highest BCUT2D eigenvalue weighted by Crippen LogP contribution is 2.20. The van der Waals surface area contributed by atoms with Gasteiger partial charge >= 0.3 is 0 Å². The van der Waals surface area contributed by atoms with Crippen LogP contribution in [0.15, 0.2) is 36.8 Å². The van der Waals surface area contributed by atoms with E-state index < -0.39 is 0 Å². The minimum atomic E-state index is 0.206. The molecule has 0 aliphatic heterocycles. The van der Waals surface area contributed by atoms with Gasteiger partial charge < -0.3 is 5.11 Å². The van der Waals surface area contributed by atoms with Crippen molar-refractivity contribution in [3.05, 3.63) is 42.4 Å². The van der Waals surface area contributed by atoms with E-state index in [2.05, 4.69) is 22.1 Å². The van der Waals surface area contributed by atoms with Crippen LogP contribution in [0.2, 0.25) is 0 Å². The molecule has 17 heavy (non-hydrogen) atoms. The van der Waals surface area contributed by atoms with E-state index in [1.165, 1.54) is 0 Å². The molecule has 0 amide bonds. The van der Waals surface area contributed by atoms with Crippen LogP contribution >= 0.6 is 0 Å². The van der Waals surface area contributed by atoms with Crippen molar-refractivity contribution >= 4 is 0 Å². The Balaban J connectivity index is 2.19. The molecule has 2 rings (SSSR count). The molecule has 2 heterocycles. The first kappa shape index (κ1) is 11.7. The maximum atomic E-state index is 8.89. The highest BCUT2D eigenvalue weighted by atomic mass is 16.3. The molecule has 0 unspecified atom stereocenters. The predicted octanol–water partition coefficient (Wildman–Crippen LogP) is 2.02. The first-order chi connectivity index (χ1) is 8.31. The van der Waals surface area contributed by atoms with Gasteiger partial charge in [0.25, 0.3) is 0 Å². The molecule has 0 radical (unpaired) electrons. The molecule has 88 valence electrons. The van der Waals surface area contributed by atoms with E-state index in [-0.39, 0.29) is 6.61 Å². The Morgan fingerprint density at radius 2 is 2.06 bits per heavy atom. The summed E-state index contributed by atoms with van der Waals surface area (Å²) in [4.78, 5) is 4.40. The third kappa shape index (κ3) is 2.85. The minimum absolute atomic E-state index is 0.206. The summed E-state index contributed by atoms with van der Waals surface area (Å²) in [6.07, 6.45) is 5.96. The molecule has 0 saturated heterocycles. The van der Waals surface area contributed by atoms with Crippen molar-refractivity contribution in [2.24, 2.45) is 0 Å². The van der Waals surface area contributed by atoms with E-state index in [0.29, 0.717) is 5.92 Å². The van der Waals surface area contributed by atoms with Gasteiger partial charge in [-0.15, -0.1) is 0 Å². The van der Waals surface area contributed by atoms with Crippen LogP contribution in [0.25, 0.3) is 11.3 Å². The molecule has 4 heteroatoms. The van der Waals surface area contributed by atoms with Crippen molar-refractivity contribution in [3.8, 4) is 11.3 Å². The molecular weight excluding hydrogens is 214 g/mol. The number of rotatable bonds is 4. The maximum absolute atomic E-state index is 8.89. The molecule has 0 spiro atoms. The Kier molecular flexibility index (Phi) is 3.77. The largest absolute Gasteiger partial charge is 0.396 e. The Hall–Kier alpha value is -1.81. The number of hydrogen-bond acceptors (Lipinski definition) is 4. The first-order valence-corrected chi connectivity index (χ1v) is 5.65. The molecule has 0 aliphatic carbocycles. The van der Waals surface area contributed by atoms with Crippen LogP contribution in [0, 0.1) is 0 Å². The number of aliphatic hydroxyl groups is 1. The summed E-state index contributed by atoms with van der Waals surface area (Å²) in [6, 6.07) is 5.90. The predicted molar refractivity (Wildman–Crippen MR) is 65.4 cm³/mol. The van der Waals surface area contributed by atoms with E-state index in [1.54, 1.807) is 12.4 Å². The van der Waals surface area contributed by atoms with Gasteiger partial charge in [0, 0.05) is 18.4 Å². The van der Waals surface area contributed by atoms with Gasteiger partial charge in [-0.25, -0.2) is 0 Å². The summed E-state index contributed by atoms with van der Waals surface area (Å²) in [5, 5.41) is 16.5. The molecule has 0 aromatic carbocycles. The van der Waals surface area contributed by atoms with Gasteiger partial charge in [0.1, 0.15) is 0 Å². The average molecular weight is 229 g/mol. The molecule has 0 aliphatic rings. The Morgan fingerprint density at radius 1 is 1.18 bits per heavy atom. The SMILES string of the molecule is C[C@H](CCO)c1ccc(-c2ccnnc2)nc1. The summed E-state index contributed by atoms with van der Waals surface area (Å²) in [5.74, 6) is 0.331. The quantitative estimate of drug-likeness (QED) is 0.871. The number of aliphatic hydroxyl groups excluding tert-OH is 1. The van der Waals surface area contributed by atoms with Gasteiger partial charge in [0.2, 0.25) is 0 Å². The van der Waals surface area contributed by atoms with E-state index in [9.17, 15) is 0 Å². The number of pyridine rings is 1. The molecule has 2 aromatic heterocycles. The third-order valence-corrected chi connectivity index (χ3v) is 2.80. The first-order valence-electron chi connectivity index (χ1n) is 5.65. The van der Waals surface area contributed by atoms with Gasteiger partial charge in [0.15, 0.2) is 0 Å². The highest BCUT2D eigenvalue weighted by Gasteiger charge is 2.06. The second-order valence-electron chi connectivity index (χ2n) is 4.02. The van der Waals surface area contributed by atoms with Crippen LogP contribution < -0.4 is 0 Å². The van der Waals surface area contributed by atoms with E-state index >= 15 is 0 Å². The van der Waals surface area contributed by atoms with Crippen LogP contribution in [0.4, 0.5) is 0 Å². The van der Waals surface area contributed by atoms with Crippen molar-refractivity contribution in [2.45, 2.75) is 19.3 Å². The highest BCUT2D eigenvalue weighted by molar-refractivity contribution is 5.57. The lowest BCUT2D eigenvalue weighted by Crippen LogP contribution is -1.98. The van der Waals surface area contributed by atoms with Gasteiger partial charge in [-0.3, -0.25) is 4.98 Å². The summed E-state index contributed by atoms with van der Waals surface area (Å²) in [7, 11) is 0. The van der Waals surface area contributed by atoms with E-state index in [4.69, 9.17) is 5.11 Å². The number of nitrogens with zero attached hydrogens (tertiary/aromatic N) is 3. The van der Waals surface area contributed by atoms with E-state index in [1.807, 2.05) is 24.4 Å². The zero-order chi connectivity index (χ0) is 12.1. The van der Waals surface area contributed by atoms with Crippen LogP contribution in [-0.4, -0.2) is 26.9 Å². The topological polar surface area (TPSA) is 58.9 Å². The minimum Gasteiger partial charge on any atom is -0.396 e. The van der Waals surface area contributed by atoms with Crippen LogP contribution in [0.3, 0.4) is 0 Å². The zero-order valence-corrected chi connectivity index (χ0v) is 9.74. The van der Waals surface area contributed by atoms with Gasteiger partial charge in [-0.05, 0) is 30.0 Å². The fourth-order valence-electron chi connectivity index (χ4n) is 1.67. The van der Waals surface area contributed by atoms with Crippen molar-refractivity contribution in [3.63, 3.8) is 0 Å². The molecule has 0 bridgehead atoms. The Labute approximate surface area is 100 Å². The van der Waals surface area contributed by atoms with Crippen LogP contribution in [-0.2, 0) is 0 Å². The smallest absolute Gasteiger partial charge is 0.0718 e. The lowest BCUT2D eigenvalue weighted by molar-refractivity contribution is 0.278. The monoisotopic (exact) mass is 229 g/mol. The Bertz CT molecular complexity index is 456. The van der Waals surface area contributed by atoms with Crippen molar-refractivity contribution < 1.29 is 5.11 Å². The maximum Gasteiger partial charge on any atom is 0.0718 e. The fraction of sp³-hybridized carbons (Fsp3) is 0.308. The average Bonchev–Trinajstić information content (AvgIpc) is 2.40. The molecule has 0 fully saturated rings. The molecule has 1 atom stereocenters. The molecular formula is C13H15N3O. The molecule has 2 aromatic rings. The summed E-state index contributed by atoms with van der Waals surface area (Å²) >= 11 is 0. The standard InChI is InChI=1S/C13H15N3O/c1-10(5-7-17)11-2-3-13(14-8-11)12-4-6-15-16-9-12/h2-4,6,8-10,17H,5,7H2,1H3/t10-/m1/s1. The normalized spacial score (nSPS) is 12.4. The van der Waals surface area contributed by atoms with Gasteiger partial charge in [-0.2, -0.15) is 10.2 Å². The summed E-state index contributed by atoms with van der Waals surface area (Å²) in [6.45, 7) is 2.29. The van der Waals surface area contributed by atoms with Gasteiger partial charge in [0.05, 0.1) is 18.1 Å². The Morgan fingerprint density at radius 3 is 2.65 bits per heavy atom. The number of hydrogen-bond donors (Lipinski definition) is 1. The molecule has 4 nitrogen and oxygen atoms in total. The lowest BCUT2D eigenvalue weighted by Gasteiger charge is -2.09. The van der Waals surface area contributed by atoms with Crippen molar-refractivity contribution in [1.29, 1.82) is 0 Å². The number of aromatic nitrogens is 3. The lowest BCUT2D eigenvalue weighted by atomic mass is 9.99. The molecule has 0 saturated carbocycles. The zero-order valence-electron chi connectivity index (χ0n) is 9.74. The molecule has 1 N–H and O–H groups in total. The summed E-state index contributed by atoms with van der Waals surface area (Å²) in [5.41, 5.74) is 2.99. The third-order valence-electron chi connectivity index (χ3n) is 2.80. The second-order valence-corrected chi connectivity index (χ2v) is 4.02. The van der Waals surface area contributed by atoms with Gasteiger partial charge in [-0.1, -0.05) is 13.0 Å². The fourth-order valence-corrected chi connectivity index (χ4v) is 1.67. The second kappa shape index (κ2) is 5.50. The summed E-state index contributed by atoms with van der Waals surface area (Å²) < 4.78 is 0. The van der Waals surface area contributed by atoms with Crippen molar-refractivity contribution in [2.75, 3.05) is 6.61 Å². The van der Waals surface area contributed by atoms with Crippen LogP contribution in [0.1, 0.15) is 24.8 Å². The van der Waals surface area contributed by atoms with E-state index in [0.717, 1.165) is 23.2 Å². The van der Waals surface area contributed by atoms with Crippen molar-refractivity contribution in [1.82, 2.24) is 15.2 Å².